The summed E-state index contributed by atoms with van der Waals surface area (Å²) in [6.07, 6.45) is 0. The fourth-order valence-corrected chi connectivity index (χ4v) is 5.19. The molecule has 172 valence electrons. The standard InChI is InChI=1S/C30H25BO4/c1-29(2)30(3,4)35-31(34-29)23-17-16-19(26-22-11-6-8-15-25(22)33-28(23)26)21-13-9-12-20-18-10-5-7-14-24(18)32-27(20)21/h5-17H,1-4H3. The van der Waals surface area contributed by atoms with Crippen molar-refractivity contribution in [3.05, 3.63) is 78.9 Å². The van der Waals surface area contributed by atoms with E-state index in [1.807, 2.05) is 36.4 Å². The zero-order valence-corrected chi connectivity index (χ0v) is 20.2. The quantitative estimate of drug-likeness (QED) is 0.252. The molecule has 0 amide bonds. The van der Waals surface area contributed by atoms with Crippen molar-refractivity contribution < 1.29 is 18.1 Å². The second-order valence-corrected chi connectivity index (χ2v) is 10.4. The van der Waals surface area contributed by atoms with Crippen LogP contribution < -0.4 is 5.46 Å². The monoisotopic (exact) mass is 460 g/mol. The van der Waals surface area contributed by atoms with E-state index in [2.05, 4.69) is 70.2 Å². The second-order valence-electron chi connectivity index (χ2n) is 10.4. The first-order valence-electron chi connectivity index (χ1n) is 12.0. The van der Waals surface area contributed by atoms with E-state index in [0.717, 1.165) is 60.5 Å². The maximum absolute atomic E-state index is 6.47. The molecule has 1 aliphatic rings. The van der Waals surface area contributed by atoms with Crippen LogP contribution in [-0.2, 0) is 9.31 Å². The van der Waals surface area contributed by atoms with Crippen molar-refractivity contribution in [3.63, 3.8) is 0 Å². The highest BCUT2D eigenvalue weighted by molar-refractivity contribution is 6.65. The van der Waals surface area contributed by atoms with Crippen LogP contribution in [-0.4, -0.2) is 18.3 Å². The van der Waals surface area contributed by atoms with Gasteiger partial charge in [0.05, 0.1) is 11.2 Å². The van der Waals surface area contributed by atoms with Gasteiger partial charge in [0.25, 0.3) is 0 Å². The third kappa shape index (κ3) is 2.89. The molecular weight excluding hydrogens is 435 g/mol. The molecule has 3 heterocycles. The first-order chi connectivity index (χ1) is 16.8. The lowest BCUT2D eigenvalue weighted by Gasteiger charge is -2.32. The Kier molecular flexibility index (Phi) is 4.16. The summed E-state index contributed by atoms with van der Waals surface area (Å²) in [7, 11) is -0.515. The predicted molar refractivity (Wildman–Crippen MR) is 142 cm³/mol. The number of fused-ring (bicyclic) bond motifs is 6. The summed E-state index contributed by atoms with van der Waals surface area (Å²) in [6, 6.07) is 26.9. The predicted octanol–water partition coefficient (Wildman–Crippen LogP) is 7.45. The highest BCUT2D eigenvalue weighted by Gasteiger charge is 2.52. The summed E-state index contributed by atoms with van der Waals surface area (Å²) < 4.78 is 25.7. The molecule has 0 unspecified atom stereocenters. The van der Waals surface area contributed by atoms with E-state index >= 15 is 0 Å². The van der Waals surface area contributed by atoms with E-state index < -0.39 is 18.3 Å². The van der Waals surface area contributed by atoms with Crippen molar-refractivity contribution in [2.75, 3.05) is 0 Å². The van der Waals surface area contributed by atoms with E-state index in [1.54, 1.807) is 0 Å². The first-order valence-corrected chi connectivity index (χ1v) is 12.0. The molecule has 6 aromatic rings. The molecule has 0 spiro atoms. The van der Waals surface area contributed by atoms with E-state index in [9.17, 15) is 0 Å². The molecule has 2 aromatic heterocycles. The number of furan rings is 2. The Labute approximate surface area is 203 Å². The molecule has 35 heavy (non-hydrogen) atoms. The lowest BCUT2D eigenvalue weighted by molar-refractivity contribution is 0.00578. The van der Waals surface area contributed by atoms with E-state index in [-0.39, 0.29) is 0 Å². The van der Waals surface area contributed by atoms with Crippen LogP contribution in [0.3, 0.4) is 0 Å². The van der Waals surface area contributed by atoms with Gasteiger partial charge in [-0.2, -0.15) is 0 Å². The smallest absolute Gasteiger partial charge is 0.456 e. The Hall–Kier alpha value is -3.54. The summed E-state index contributed by atoms with van der Waals surface area (Å²) >= 11 is 0. The van der Waals surface area contributed by atoms with Crippen LogP contribution in [0.2, 0.25) is 0 Å². The van der Waals surface area contributed by atoms with Gasteiger partial charge in [-0.25, -0.2) is 0 Å². The third-order valence-corrected chi connectivity index (χ3v) is 7.76. The molecule has 0 aliphatic carbocycles. The van der Waals surface area contributed by atoms with Crippen LogP contribution in [0.15, 0.2) is 87.7 Å². The number of rotatable bonds is 2. The molecule has 0 atom stereocenters. The maximum atomic E-state index is 6.47. The highest BCUT2D eigenvalue weighted by Crippen LogP contribution is 2.42. The van der Waals surface area contributed by atoms with Crippen molar-refractivity contribution in [3.8, 4) is 11.1 Å². The zero-order chi connectivity index (χ0) is 23.9. The lowest BCUT2D eigenvalue weighted by atomic mass is 9.77. The van der Waals surface area contributed by atoms with Crippen LogP contribution in [0.4, 0.5) is 0 Å². The Morgan fingerprint density at radius 2 is 1.14 bits per heavy atom. The lowest BCUT2D eigenvalue weighted by Crippen LogP contribution is -2.41. The topological polar surface area (TPSA) is 44.7 Å². The zero-order valence-electron chi connectivity index (χ0n) is 20.2. The van der Waals surface area contributed by atoms with Gasteiger partial charge in [-0.15, -0.1) is 0 Å². The summed E-state index contributed by atoms with van der Waals surface area (Å²) in [5, 5.41) is 4.32. The Bertz CT molecular complexity index is 1760. The molecule has 0 radical (unpaired) electrons. The normalized spacial score (nSPS) is 17.3. The van der Waals surface area contributed by atoms with Crippen molar-refractivity contribution in [1.29, 1.82) is 0 Å². The summed E-state index contributed by atoms with van der Waals surface area (Å²) in [4.78, 5) is 0. The van der Waals surface area contributed by atoms with Crippen LogP contribution in [0, 0.1) is 0 Å². The van der Waals surface area contributed by atoms with Crippen LogP contribution >= 0.6 is 0 Å². The molecule has 0 N–H and O–H groups in total. The number of benzene rings is 4. The van der Waals surface area contributed by atoms with Crippen molar-refractivity contribution in [1.82, 2.24) is 0 Å². The molecule has 7 rings (SSSR count). The van der Waals surface area contributed by atoms with Crippen LogP contribution in [0.25, 0.3) is 55.0 Å². The third-order valence-electron chi connectivity index (χ3n) is 7.76. The van der Waals surface area contributed by atoms with Crippen molar-refractivity contribution >= 4 is 56.5 Å². The minimum absolute atomic E-state index is 0.436. The molecule has 4 nitrogen and oxygen atoms in total. The van der Waals surface area contributed by atoms with E-state index in [0.29, 0.717) is 0 Å². The summed E-state index contributed by atoms with van der Waals surface area (Å²) in [6.45, 7) is 8.28. The second kappa shape index (κ2) is 7.00. The average Bonchev–Trinajstić information content (AvgIpc) is 3.47. The van der Waals surface area contributed by atoms with Gasteiger partial charge in [-0.1, -0.05) is 66.7 Å². The average molecular weight is 460 g/mol. The largest absolute Gasteiger partial charge is 0.498 e. The van der Waals surface area contributed by atoms with Gasteiger partial charge in [-0.05, 0) is 45.4 Å². The Balaban J connectivity index is 1.53. The Morgan fingerprint density at radius 3 is 1.89 bits per heavy atom. The fraction of sp³-hybridized carbons (Fsp3) is 0.200. The molecule has 1 saturated heterocycles. The molecule has 1 fully saturated rings. The molecule has 5 heteroatoms. The first kappa shape index (κ1) is 20.8. The van der Waals surface area contributed by atoms with Crippen molar-refractivity contribution in [2.24, 2.45) is 0 Å². The van der Waals surface area contributed by atoms with Gasteiger partial charge in [0.1, 0.15) is 22.3 Å². The van der Waals surface area contributed by atoms with Gasteiger partial charge < -0.3 is 18.1 Å². The molecule has 0 saturated carbocycles. The summed E-state index contributed by atoms with van der Waals surface area (Å²) in [5.74, 6) is 0. The molecule has 1 aliphatic heterocycles. The molecule has 4 aromatic carbocycles. The van der Waals surface area contributed by atoms with Gasteiger partial charge >= 0.3 is 7.12 Å². The van der Waals surface area contributed by atoms with Gasteiger partial charge in [0.15, 0.2) is 0 Å². The number of para-hydroxylation sites is 3. The molecular formula is C30H25BO4. The minimum atomic E-state index is -0.515. The van der Waals surface area contributed by atoms with Gasteiger partial charge in [0, 0.05) is 32.6 Å². The SMILES string of the molecule is CC1(C)OB(c2ccc(-c3cccc4c3oc3ccccc34)c3c2oc2ccccc23)OC1(C)C. The number of hydrogen-bond donors (Lipinski definition) is 0. The van der Waals surface area contributed by atoms with E-state index in [1.165, 1.54) is 0 Å². The summed E-state index contributed by atoms with van der Waals surface area (Å²) in [5.41, 5.74) is 5.52. The van der Waals surface area contributed by atoms with E-state index in [4.69, 9.17) is 18.1 Å². The molecule has 0 bridgehead atoms. The van der Waals surface area contributed by atoms with Crippen molar-refractivity contribution in [2.45, 2.75) is 38.9 Å². The minimum Gasteiger partial charge on any atom is -0.456 e. The highest BCUT2D eigenvalue weighted by atomic mass is 16.7. The van der Waals surface area contributed by atoms with Gasteiger partial charge in [0.2, 0.25) is 0 Å². The maximum Gasteiger partial charge on any atom is 0.498 e. The van der Waals surface area contributed by atoms with Gasteiger partial charge in [-0.3, -0.25) is 0 Å². The number of hydrogen-bond acceptors (Lipinski definition) is 4. The fourth-order valence-electron chi connectivity index (χ4n) is 5.19. The van der Waals surface area contributed by atoms with Crippen LogP contribution in [0.1, 0.15) is 27.7 Å². The van der Waals surface area contributed by atoms with Crippen LogP contribution in [0.5, 0.6) is 0 Å². The Morgan fingerprint density at radius 1 is 0.543 bits per heavy atom.